The van der Waals surface area contributed by atoms with Gasteiger partial charge in [0.2, 0.25) is 5.91 Å². The quantitative estimate of drug-likeness (QED) is 0.710. The Balaban J connectivity index is 2.21. The molecule has 6 heteroatoms. The van der Waals surface area contributed by atoms with Crippen LogP contribution < -0.4 is 11.1 Å². The number of amides is 1. The number of aromatic hydroxyl groups is 1. The Labute approximate surface area is 139 Å². The van der Waals surface area contributed by atoms with Crippen molar-refractivity contribution in [1.29, 1.82) is 0 Å². The van der Waals surface area contributed by atoms with Gasteiger partial charge in [0.1, 0.15) is 5.75 Å². The number of anilines is 1. The molecule has 2 aromatic rings. The SMILES string of the molecule is Cc1c(NCc2cc(Br)c(O)c(Br)c2)cccc1C(N)=O. The van der Waals surface area contributed by atoms with Gasteiger partial charge in [-0.15, -0.1) is 0 Å². The second kappa shape index (κ2) is 6.49. The maximum absolute atomic E-state index is 11.3. The van der Waals surface area contributed by atoms with Gasteiger partial charge in [-0.1, -0.05) is 6.07 Å². The van der Waals surface area contributed by atoms with E-state index < -0.39 is 5.91 Å². The summed E-state index contributed by atoms with van der Waals surface area (Å²) in [6.45, 7) is 2.41. The molecule has 0 radical (unpaired) electrons. The van der Waals surface area contributed by atoms with Crippen molar-refractivity contribution in [2.45, 2.75) is 13.5 Å². The number of carbonyl (C=O) groups excluding carboxylic acids is 1. The van der Waals surface area contributed by atoms with E-state index in [1.54, 1.807) is 12.1 Å². The van der Waals surface area contributed by atoms with E-state index in [1.807, 2.05) is 25.1 Å². The second-order valence-electron chi connectivity index (χ2n) is 4.60. The van der Waals surface area contributed by atoms with Crippen LogP contribution >= 0.6 is 31.9 Å². The first-order valence-electron chi connectivity index (χ1n) is 6.20. The fourth-order valence-corrected chi connectivity index (χ4v) is 3.29. The van der Waals surface area contributed by atoms with Gasteiger partial charge < -0.3 is 16.2 Å². The molecule has 4 N–H and O–H groups in total. The summed E-state index contributed by atoms with van der Waals surface area (Å²) in [5.74, 6) is -0.267. The van der Waals surface area contributed by atoms with Gasteiger partial charge in [-0.3, -0.25) is 4.79 Å². The van der Waals surface area contributed by atoms with Gasteiger partial charge in [-0.25, -0.2) is 0 Å². The molecule has 0 saturated heterocycles. The van der Waals surface area contributed by atoms with E-state index in [4.69, 9.17) is 5.73 Å². The van der Waals surface area contributed by atoms with E-state index in [0.29, 0.717) is 21.1 Å². The number of carbonyl (C=O) groups is 1. The topological polar surface area (TPSA) is 75.3 Å². The Morgan fingerprint density at radius 1 is 1.29 bits per heavy atom. The van der Waals surface area contributed by atoms with Gasteiger partial charge in [-0.05, 0) is 74.2 Å². The third kappa shape index (κ3) is 3.57. The average molecular weight is 414 g/mol. The molecule has 0 saturated carbocycles. The van der Waals surface area contributed by atoms with Gasteiger partial charge in [0, 0.05) is 17.8 Å². The molecule has 0 unspecified atom stereocenters. The van der Waals surface area contributed by atoms with Crippen LogP contribution in [0.15, 0.2) is 39.3 Å². The maximum Gasteiger partial charge on any atom is 0.249 e. The Morgan fingerprint density at radius 3 is 2.48 bits per heavy atom. The van der Waals surface area contributed by atoms with Gasteiger partial charge in [0.25, 0.3) is 0 Å². The molecule has 0 aliphatic carbocycles. The van der Waals surface area contributed by atoms with E-state index in [2.05, 4.69) is 37.2 Å². The van der Waals surface area contributed by atoms with Crippen molar-refractivity contribution >= 4 is 43.5 Å². The van der Waals surface area contributed by atoms with Crippen LogP contribution in [0.4, 0.5) is 5.69 Å². The van der Waals surface area contributed by atoms with Crippen molar-refractivity contribution in [1.82, 2.24) is 0 Å². The van der Waals surface area contributed by atoms with Gasteiger partial charge >= 0.3 is 0 Å². The summed E-state index contributed by atoms with van der Waals surface area (Å²) in [6.07, 6.45) is 0. The lowest BCUT2D eigenvalue weighted by molar-refractivity contribution is 0.1000. The molecule has 4 nitrogen and oxygen atoms in total. The van der Waals surface area contributed by atoms with Gasteiger partial charge in [-0.2, -0.15) is 0 Å². The number of phenols is 1. The first-order valence-corrected chi connectivity index (χ1v) is 7.79. The number of phenolic OH excluding ortho intramolecular Hbond substituents is 1. The summed E-state index contributed by atoms with van der Waals surface area (Å²) in [4.78, 5) is 11.3. The lowest BCUT2D eigenvalue weighted by Crippen LogP contribution is -2.13. The van der Waals surface area contributed by atoms with Crippen molar-refractivity contribution < 1.29 is 9.90 Å². The average Bonchev–Trinajstić information content (AvgIpc) is 2.43. The number of rotatable bonds is 4. The molecule has 0 spiro atoms. The third-order valence-electron chi connectivity index (χ3n) is 3.16. The minimum atomic E-state index is -0.439. The Bertz CT molecular complexity index is 679. The normalized spacial score (nSPS) is 10.4. The van der Waals surface area contributed by atoms with Crippen molar-refractivity contribution in [3.63, 3.8) is 0 Å². The zero-order valence-electron chi connectivity index (χ0n) is 11.3. The van der Waals surface area contributed by atoms with Crippen LogP contribution in [0.1, 0.15) is 21.5 Å². The minimum Gasteiger partial charge on any atom is -0.506 e. The first kappa shape index (κ1) is 15.9. The van der Waals surface area contributed by atoms with Crippen LogP contribution in [0.25, 0.3) is 0 Å². The minimum absolute atomic E-state index is 0.172. The van der Waals surface area contributed by atoms with Gasteiger partial charge in [0.05, 0.1) is 8.95 Å². The Kier molecular flexibility index (Phi) is 4.90. The number of benzene rings is 2. The molecule has 0 aliphatic rings. The molecule has 1 amide bonds. The van der Waals surface area contributed by atoms with Crippen LogP contribution in [0.2, 0.25) is 0 Å². The lowest BCUT2D eigenvalue weighted by Gasteiger charge is -2.13. The summed E-state index contributed by atoms with van der Waals surface area (Å²) >= 11 is 6.60. The second-order valence-corrected chi connectivity index (χ2v) is 6.31. The van der Waals surface area contributed by atoms with Gasteiger partial charge in [0.15, 0.2) is 0 Å². The lowest BCUT2D eigenvalue weighted by atomic mass is 10.1. The number of primary amides is 1. The molecule has 0 atom stereocenters. The summed E-state index contributed by atoms with van der Waals surface area (Å²) in [7, 11) is 0. The highest BCUT2D eigenvalue weighted by atomic mass is 79.9. The van der Waals surface area contributed by atoms with E-state index in [-0.39, 0.29) is 5.75 Å². The third-order valence-corrected chi connectivity index (χ3v) is 4.37. The number of halogens is 2. The van der Waals surface area contributed by atoms with Crippen LogP contribution in [-0.2, 0) is 6.54 Å². The van der Waals surface area contributed by atoms with E-state index in [0.717, 1.165) is 16.8 Å². The molecule has 110 valence electrons. The van der Waals surface area contributed by atoms with Crippen LogP contribution in [-0.4, -0.2) is 11.0 Å². The number of nitrogens with one attached hydrogen (secondary N) is 1. The molecule has 2 rings (SSSR count). The number of nitrogens with two attached hydrogens (primary N) is 1. The molecule has 0 bridgehead atoms. The summed E-state index contributed by atoms with van der Waals surface area (Å²) < 4.78 is 1.24. The van der Waals surface area contributed by atoms with E-state index >= 15 is 0 Å². The molecule has 2 aromatic carbocycles. The highest BCUT2D eigenvalue weighted by Crippen LogP contribution is 2.33. The fraction of sp³-hybridized carbons (Fsp3) is 0.133. The summed E-state index contributed by atoms with van der Waals surface area (Å²) in [6, 6.07) is 9.06. The first-order chi connectivity index (χ1) is 9.90. The fourth-order valence-electron chi connectivity index (χ4n) is 2.01. The highest BCUT2D eigenvalue weighted by Gasteiger charge is 2.09. The van der Waals surface area contributed by atoms with Crippen LogP contribution in [0.3, 0.4) is 0 Å². The predicted molar refractivity (Wildman–Crippen MR) is 90.5 cm³/mol. The Hall–Kier alpha value is -1.53. The molecular weight excluding hydrogens is 400 g/mol. The van der Waals surface area contributed by atoms with Crippen molar-refractivity contribution in [3.8, 4) is 5.75 Å². The summed E-state index contributed by atoms with van der Waals surface area (Å²) in [5.41, 5.74) is 8.50. The molecular formula is C15H14Br2N2O2. The molecule has 0 aliphatic heterocycles. The predicted octanol–water partition coefficient (Wildman–Crippen LogP) is 3.94. The molecule has 0 aromatic heterocycles. The zero-order chi connectivity index (χ0) is 15.6. The molecule has 0 heterocycles. The highest BCUT2D eigenvalue weighted by molar-refractivity contribution is 9.11. The molecule has 0 fully saturated rings. The maximum atomic E-state index is 11.3. The zero-order valence-corrected chi connectivity index (χ0v) is 14.5. The largest absolute Gasteiger partial charge is 0.506 e. The monoisotopic (exact) mass is 412 g/mol. The smallest absolute Gasteiger partial charge is 0.249 e. The van der Waals surface area contributed by atoms with E-state index in [1.165, 1.54) is 0 Å². The van der Waals surface area contributed by atoms with Crippen molar-refractivity contribution in [2.24, 2.45) is 5.73 Å². The Morgan fingerprint density at radius 2 is 1.90 bits per heavy atom. The van der Waals surface area contributed by atoms with E-state index in [9.17, 15) is 9.90 Å². The number of hydrogen-bond donors (Lipinski definition) is 3. The van der Waals surface area contributed by atoms with Crippen molar-refractivity contribution in [3.05, 3.63) is 56.0 Å². The van der Waals surface area contributed by atoms with Crippen LogP contribution in [0, 0.1) is 6.92 Å². The summed E-state index contributed by atoms with van der Waals surface area (Å²) in [5, 5.41) is 13.0. The molecule has 21 heavy (non-hydrogen) atoms. The van der Waals surface area contributed by atoms with Crippen molar-refractivity contribution in [2.75, 3.05) is 5.32 Å². The number of hydrogen-bond acceptors (Lipinski definition) is 3. The standard InChI is InChI=1S/C15H14Br2N2O2/c1-8-10(15(18)21)3-2-4-13(8)19-7-9-5-11(16)14(20)12(17)6-9/h2-6,19-20H,7H2,1H3,(H2,18,21). The van der Waals surface area contributed by atoms with Crippen LogP contribution in [0.5, 0.6) is 5.75 Å².